The van der Waals surface area contributed by atoms with E-state index in [0.29, 0.717) is 30.6 Å². The summed E-state index contributed by atoms with van der Waals surface area (Å²) in [6.07, 6.45) is 1.77. The van der Waals surface area contributed by atoms with Gasteiger partial charge < -0.3 is 15.4 Å². The molecule has 0 amide bonds. The molecule has 0 aliphatic carbocycles. The Morgan fingerprint density at radius 3 is 2.57 bits per heavy atom. The summed E-state index contributed by atoms with van der Waals surface area (Å²) in [7, 11) is -1.28. The van der Waals surface area contributed by atoms with Crippen molar-refractivity contribution in [2.45, 2.75) is 19.4 Å². The molecule has 6 nitrogen and oxygen atoms in total. The molecule has 1 atom stereocenters. The van der Waals surface area contributed by atoms with Gasteiger partial charge in [-0.2, -0.15) is 0 Å². The molecule has 0 saturated carbocycles. The second-order valence-electron chi connectivity index (χ2n) is 5.27. The average Bonchev–Trinajstić information content (AvgIpc) is 2.49. The molecule has 0 fully saturated rings. The third-order valence-corrected chi connectivity index (χ3v) is 4.23. The van der Waals surface area contributed by atoms with Gasteiger partial charge in [-0.25, -0.2) is 8.42 Å². The minimum Gasteiger partial charge on any atom is -0.492 e. The van der Waals surface area contributed by atoms with Crippen molar-refractivity contribution in [1.82, 2.24) is 10.6 Å². The third-order valence-electron chi connectivity index (χ3n) is 3.01. The van der Waals surface area contributed by atoms with E-state index in [-0.39, 0.29) is 11.8 Å². The quantitative estimate of drug-likeness (QED) is 0.418. The molecule has 0 bridgehead atoms. The Hall–Kier alpha value is -1.47. The number of halogens is 1. The summed E-state index contributed by atoms with van der Waals surface area (Å²) in [6, 6.07) is 7.17. The maximum atomic E-state index is 11.2. The van der Waals surface area contributed by atoms with Gasteiger partial charge in [0.2, 0.25) is 0 Å². The molecule has 0 radical (unpaired) electrons. The van der Waals surface area contributed by atoms with Crippen molar-refractivity contribution in [2.24, 2.45) is 4.99 Å². The molecular weight excluding hydrogens is 338 g/mol. The summed E-state index contributed by atoms with van der Waals surface area (Å²) in [6.45, 7) is 2.96. The van der Waals surface area contributed by atoms with E-state index < -0.39 is 9.84 Å². The van der Waals surface area contributed by atoms with E-state index in [0.717, 1.165) is 5.75 Å². The standard InChI is InChI=1S/C15H24ClN3O3S/c1-12(8-11-23(3,20)21)19-15(17-2)18-9-10-22-14-6-4-13(16)5-7-14/h4-7,12H,8-11H2,1-3H3,(H2,17,18,19). The summed E-state index contributed by atoms with van der Waals surface area (Å²) < 4.78 is 27.9. The lowest BCUT2D eigenvalue weighted by atomic mass is 10.3. The molecule has 130 valence electrons. The fourth-order valence-corrected chi connectivity index (χ4v) is 2.67. The highest BCUT2D eigenvalue weighted by molar-refractivity contribution is 7.90. The molecule has 0 aromatic heterocycles. The van der Waals surface area contributed by atoms with E-state index in [1.54, 1.807) is 19.2 Å². The highest BCUT2D eigenvalue weighted by atomic mass is 35.5. The maximum Gasteiger partial charge on any atom is 0.191 e. The smallest absolute Gasteiger partial charge is 0.191 e. The Balaban J connectivity index is 2.27. The number of aliphatic imine (C=N–C) groups is 1. The van der Waals surface area contributed by atoms with Crippen LogP contribution in [0.2, 0.25) is 5.02 Å². The molecule has 23 heavy (non-hydrogen) atoms. The molecular formula is C15H24ClN3O3S. The lowest BCUT2D eigenvalue weighted by molar-refractivity contribution is 0.321. The van der Waals surface area contributed by atoms with Crippen molar-refractivity contribution in [2.75, 3.05) is 32.2 Å². The maximum absolute atomic E-state index is 11.2. The van der Waals surface area contributed by atoms with Crippen molar-refractivity contribution in [3.63, 3.8) is 0 Å². The van der Waals surface area contributed by atoms with Crippen LogP contribution >= 0.6 is 11.6 Å². The fourth-order valence-electron chi connectivity index (χ4n) is 1.76. The summed E-state index contributed by atoms with van der Waals surface area (Å²) in [5.41, 5.74) is 0. The Morgan fingerprint density at radius 1 is 1.35 bits per heavy atom. The van der Waals surface area contributed by atoms with Crippen LogP contribution in [0.1, 0.15) is 13.3 Å². The van der Waals surface area contributed by atoms with Gasteiger partial charge in [-0.1, -0.05) is 11.6 Å². The highest BCUT2D eigenvalue weighted by Gasteiger charge is 2.09. The van der Waals surface area contributed by atoms with E-state index in [2.05, 4.69) is 15.6 Å². The molecule has 0 aliphatic rings. The topological polar surface area (TPSA) is 79.8 Å². The number of guanidine groups is 1. The van der Waals surface area contributed by atoms with E-state index >= 15 is 0 Å². The van der Waals surface area contributed by atoms with Crippen LogP contribution in [0.5, 0.6) is 5.75 Å². The number of nitrogens with zero attached hydrogens (tertiary/aromatic N) is 1. The zero-order valence-corrected chi connectivity index (χ0v) is 15.2. The number of ether oxygens (including phenoxy) is 1. The second-order valence-corrected chi connectivity index (χ2v) is 7.96. The molecule has 1 aromatic rings. The van der Waals surface area contributed by atoms with Crippen LogP contribution in [0, 0.1) is 0 Å². The summed E-state index contributed by atoms with van der Waals surface area (Å²) in [4.78, 5) is 4.10. The van der Waals surface area contributed by atoms with Gasteiger partial charge >= 0.3 is 0 Å². The Kier molecular flexibility index (Phi) is 8.19. The van der Waals surface area contributed by atoms with Crippen LogP contribution in [0.3, 0.4) is 0 Å². The van der Waals surface area contributed by atoms with Crippen LogP contribution < -0.4 is 15.4 Å². The summed E-state index contributed by atoms with van der Waals surface area (Å²) in [5.74, 6) is 1.52. The molecule has 0 aliphatic heterocycles. The fraction of sp³-hybridized carbons (Fsp3) is 0.533. The first kappa shape index (κ1) is 19.6. The van der Waals surface area contributed by atoms with Crippen LogP contribution in [-0.2, 0) is 9.84 Å². The molecule has 1 unspecified atom stereocenters. The SMILES string of the molecule is CN=C(NCCOc1ccc(Cl)cc1)NC(C)CCS(C)(=O)=O. The second kappa shape index (κ2) is 9.62. The zero-order valence-electron chi connectivity index (χ0n) is 13.7. The largest absolute Gasteiger partial charge is 0.492 e. The van der Waals surface area contributed by atoms with Gasteiger partial charge in [0.25, 0.3) is 0 Å². The van der Waals surface area contributed by atoms with Crippen molar-refractivity contribution in [3.05, 3.63) is 29.3 Å². The van der Waals surface area contributed by atoms with Gasteiger partial charge in [0.1, 0.15) is 22.2 Å². The number of hydrogen-bond acceptors (Lipinski definition) is 4. The average molecular weight is 362 g/mol. The zero-order chi connectivity index (χ0) is 17.3. The predicted octanol–water partition coefficient (Wildman–Crippen LogP) is 1.71. The molecule has 0 heterocycles. The molecule has 0 saturated heterocycles. The van der Waals surface area contributed by atoms with Gasteiger partial charge in [-0.05, 0) is 37.6 Å². The first-order valence-corrected chi connectivity index (χ1v) is 9.77. The number of rotatable bonds is 8. The summed E-state index contributed by atoms with van der Waals surface area (Å²) >= 11 is 5.81. The van der Waals surface area contributed by atoms with Crippen molar-refractivity contribution >= 4 is 27.4 Å². The van der Waals surface area contributed by atoms with Crippen LogP contribution in [0.15, 0.2) is 29.3 Å². The number of sulfone groups is 1. The minimum absolute atomic E-state index is 0.00751. The van der Waals surface area contributed by atoms with Gasteiger partial charge in [0.05, 0.1) is 12.3 Å². The Morgan fingerprint density at radius 2 is 2.00 bits per heavy atom. The lowest BCUT2D eigenvalue weighted by Crippen LogP contribution is -2.44. The number of benzene rings is 1. The van der Waals surface area contributed by atoms with Gasteiger partial charge in [0, 0.05) is 24.4 Å². The van der Waals surface area contributed by atoms with Crippen molar-refractivity contribution in [1.29, 1.82) is 0 Å². The molecule has 1 aromatic carbocycles. The number of nitrogens with one attached hydrogen (secondary N) is 2. The highest BCUT2D eigenvalue weighted by Crippen LogP contribution is 2.15. The minimum atomic E-state index is -2.95. The van der Waals surface area contributed by atoms with E-state index in [4.69, 9.17) is 16.3 Å². The van der Waals surface area contributed by atoms with E-state index in [9.17, 15) is 8.42 Å². The third kappa shape index (κ3) is 9.30. The molecule has 0 spiro atoms. The predicted molar refractivity (Wildman–Crippen MR) is 95.2 cm³/mol. The van der Waals surface area contributed by atoms with Crippen molar-refractivity contribution in [3.8, 4) is 5.75 Å². The van der Waals surface area contributed by atoms with Crippen LogP contribution in [0.25, 0.3) is 0 Å². The van der Waals surface area contributed by atoms with E-state index in [1.165, 1.54) is 6.26 Å². The molecule has 1 rings (SSSR count). The normalized spacial score (nSPS) is 13.5. The van der Waals surface area contributed by atoms with Gasteiger partial charge in [-0.3, -0.25) is 4.99 Å². The van der Waals surface area contributed by atoms with Crippen LogP contribution in [-0.4, -0.2) is 52.6 Å². The van der Waals surface area contributed by atoms with Crippen LogP contribution in [0.4, 0.5) is 0 Å². The Bertz CT molecular complexity index is 603. The van der Waals surface area contributed by atoms with E-state index in [1.807, 2.05) is 19.1 Å². The van der Waals surface area contributed by atoms with Crippen molar-refractivity contribution < 1.29 is 13.2 Å². The summed E-state index contributed by atoms with van der Waals surface area (Å²) in [5, 5.41) is 6.93. The number of hydrogen-bond donors (Lipinski definition) is 2. The Labute approximate surface area is 143 Å². The monoisotopic (exact) mass is 361 g/mol. The first-order chi connectivity index (χ1) is 10.8. The molecule has 2 N–H and O–H groups in total. The van der Waals surface area contributed by atoms with Gasteiger partial charge in [-0.15, -0.1) is 0 Å². The van der Waals surface area contributed by atoms with Gasteiger partial charge in [0.15, 0.2) is 5.96 Å². The lowest BCUT2D eigenvalue weighted by Gasteiger charge is -2.17. The first-order valence-electron chi connectivity index (χ1n) is 7.33. The molecule has 8 heteroatoms.